The Labute approximate surface area is 327 Å². The van der Waals surface area contributed by atoms with Gasteiger partial charge >= 0.3 is 0 Å². The normalized spacial score (nSPS) is 12.0. The Morgan fingerprint density at radius 1 is 0.556 bits per heavy atom. The van der Waals surface area contributed by atoms with E-state index >= 15 is 0 Å². The molecule has 290 valence electrons. The van der Waals surface area contributed by atoms with E-state index in [-0.39, 0.29) is 6.10 Å². The van der Waals surface area contributed by atoms with Crippen LogP contribution in [0.5, 0.6) is 5.75 Å². The second-order valence-electron chi connectivity index (χ2n) is 14.6. The fourth-order valence-electron chi connectivity index (χ4n) is 7.14. The maximum absolute atomic E-state index is 9.26. The van der Waals surface area contributed by atoms with Crippen molar-refractivity contribution >= 4 is 0 Å². The Hall–Kier alpha value is -3.95. The molecular formula is C49H65NO4. The second-order valence-corrected chi connectivity index (χ2v) is 14.6. The van der Waals surface area contributed by atoms with Crippen molar-refractivity contribution in [2.45, 2.75) is 128 Å². The number of rotatable bonds is 29. The molecule has 4 rings (SSSR count). The van der Waals surface area contributed by atoms with Crippen LogP contribution in [0.4, 0.5) is 0 Å². The number of methoxy groups -OCH3 is 1. The molecule has 0 aliphatic rings. The molecule has 0 heterocycles. The highest BCUT2D eigenvalue weighted by molar-refractivity contribution is 5.48. The van der Waals surface area contributed by atoms with Crippen molar-refractivity contribution in [3.8, 4) is 11.8 Å². The number of nitrogens with zero attached hydrogens (tertiary/aromatic N) is 1. The van der Waals surface area contributed by atoms with E-state index in [0.29, 0.717) is 32.0 Å². The van der Waals surface area contributed by atoms with E-state index in [9.17, 15) is 5.26 Å². The molecule has 5 nitrogen and oxygen atoms in total. The van der Waals surface area contributed by atoms with Gasteiger partial charge in [0.05, 0.1) is 38.6 Å². The SMILES string of the molecule is CCCCCCCCCCCCCCCCCCOC[C@H](COC(c1ccccc1)(c1ccccc1)c1ccc(OC)cc1)OCc1ccc(C#N)cc1. The molecule has 0 amide bonds. The Kier molecular flexibility index (Phi) is 20.6. The fraction of sp³-hybridized carbons (Fsp3) is 0.490. The molecule has 0 radical (unpaired) electrons. The predicted molar refractivity (Wildman–Crippen MR) is 222 cm³/mol. The molecule has 1 atom stereocenters. The van der Waals surface area contributed by atoms with E-state index in [0.717, 1.165) is 34.4 Å². The van der Waals surface area contributed by atoms with Crippen LogP contribution < -0.4 is 4.74 Å². The maximum atomic E-state index is 9.26. The summed E-state index contributed by atoms with van der Waals surface area (Å²) >= 11 is 0. The number of hydrogen-bond acceptors (Lipinski definition) is 5. The first-order chi connectivity index (χ1) is 26.7. The van der Waals surface area contributed by atoms with E-state index in [1.54, 1.807) is 7.11 Å². The van der Waals surface area contributed by atoms with Gasteiger partial charge in [-0.2, -0.15) is 5.26 Å². The average Bonchev–Trinajstić information content (AvgIpc) is 3.23. The van der Waals surface area contributed by atoms with Crippen molar-refractivity contribution in [3.05, 3.63) is 137 Å². The Morgan fingerprint density at radius 2 is 1.04 bits per heavy atom. The molecule has 0 saturated heterocycles. The number of nitriles is 1. The molecule has 54 heavy (non-hydrogen) atoms. The summed E-state index contributed by atoms with van der Waals surface area (Å²) in [6.07, 6.45) is 21.3. The summed E-state index contributed by atoms with van der Waals surface area (Å²) in [7, 11) is 1.68. The molecule has 0 saturated carbocycles. The third-order valence-electron chi connectivity index (χ3n) is 10.4. The number of unbranched alkanes of at least 4 members (excludes halogenated alkanes) is 15. The van der Waals surface area contributed by atoms with Gasteiger partial charge in [-0.25, -0.2) is 0 Å². The van der Waals surface area contributed by atoms with Gasteiger partial charge in [-0.3, -0.25) is 0 Å². The Balaban J connectivity index is 1.30. The van der Waals surface area contributed by atoms with Crippen molar-refractivity contribution in [2.75, 3.05) is 26.9 Å². The van der Waals surface area contributed by atoms with Gasteiger partial charge in [0.25, 0.3) is 0 Å². The lowest BCUT2D eigenvalue weighted by molar-refractivity contribution is -0.0968. The fourth-order valence-corrected chi connectivity index (χ4v) is 7.14. The lowest BCUT2D eigenvalue weighted by atomic mass is 9.80. The van der Waals surface area contributed by atoms with Crippen LogP contribution in [0.25, 0.3) is 0 Å². The van der Waals surface area contributed by atoms with Gasteiger partial charge in [0.2, 0.25) is 0 Å². The molecular weight excluding hydrogens is 667 g/mol. The molecule has 0 unspecified atom stereocenters. The summed E-state index contributed by atoms with van der Waals surface area (Å²) in [4.78, 5) is 0. The maximum Gasteiger partial charge on any atom is 0.143 e. The van der Waals surface area contributed by atoms with E-state index in [2.05, 4.69) is 73.7 Å². The minimum absolute atomic E-state index is 0.311. The lowest BCUT2D eigenvalue weighted by Gasteiger charge is -2.37. The molecule has 0 N–H and O–H groups in total. The molecule has 5 heteroatoms. The summed E-state index contributed by atoms with van der Waals surface area (Å²) in [6.45, 7) is 4.13. The molecule has 4 aromatic carbocycles. The number of benzene rings is 4. The molecule has 0 aromatic heterocycles. The molecule has 0 spiro atoms. The quantitative estimate of drug-likeness (QED) is 0.0411. The van der Waals surface area contributed by atoms with Gasteiger partial charge in [-0.15, -0.1) is 0 Å². The predicted octanol–water partition coefficient (Wildman–Crippen LogP) is 12.7. The van der Waals surface area contributed by atoms with Gasteiger partial charge in [0, 0.05) is 6.61 Å². The highest BCUT2D eigenvalue weighted by atomic mass is 16.6. The van der Waals surface area contributed by atoms with Crippen LogP contribution in [0.15, 0.2) is 109 Å². The van der Waals surface area contributed by atoms with Crippen molar-refractivity contribution < 1.29 is 18.9 Å². The van der Waals surface area contributed by atoms with E-state index in [4.69, 9.17) is 18.9 Å². The Morgan fingerprint density at radius 3 is 1.52 bits per heavy atom. The largest absolute Gasteiger partial charge is 0.497 e. The highest BCUT2D eigenvalue weighted by Gasteiger charge is 2.38. The summed E-state index contributed by atoms with van der Waals surface area (Å²) in [5.41, 5.74) is 3.81. The smallest absolute Gasteiger partial charge is 0.143 e. The minimum Gasteiger partial charge on any atom is -0.497 e. The van der Waals surface area contributed by atoms with Gasteiger partial charge in [-0.1, -0.05) is 188 Å². The van der Waals surface area contributed by atoms with Crippen LogP contribution in [-0.4, -0.2) is 33.0 Å². The van der Waals surface area contributed by atoms with Gasteiger partial charge in [0.15, 0.2) is 0 Å². The lowest BCUT2D eigenvalue weighted by Crippen LogP contribution is -2.37. The zero-order valence-corrected chi connectivity index (χ0v) is 33.2. The zero-order valence-electron chi connectivity index (χ0n) is 33.2. The third kappa shape index (κ3) is 14.7. The van der Waals surface area contributed by atoms with Gasteiger partial charge in [-0.05, 0) is 52.9 Å². The zero-order chi connectivity index (χ0) is 37.9. The van der Waals surface area contributed by atoms with E-state index in [1.807, 2.05) is 48.5 Å². The van der Waals surface area contributed by atoms with Crippen molar-refractivity contribution in [1.82, 2.24) is 0 Å². The molecule has 0 fully saturated rings. The third-order valence-corrected chi connectivity index (χ3v) is 10.4. The van der Waals surface area contributed by atoms with Crippen LogP contribution >= 0.6 is 0 Å². The van der Waals surface area contributed by atoms with Crippen molar-refractivity contribution in [3.63, 3.8) is 0 Å². The first-order valence-corrected chi connectivity index (χ1v) is 20.8. The average molecular weight is 732 g/mol. The van der Waals surface area contributed by atoms with E-state index < -0.39 is 5.60 Å². The van der Waals surface area contributed by atoms with Crippen molar-refractivity contribution in [2.24, 2.45) is 0 Å². The molecule has 0 aliphatic carbocycles. The first-order valence-electron chi connectivity index (χ1n) is 20.8. The van der Waals surface area contributed by atoms with Crippen LogP contribution in [0, 0.1) is 11.3 Å². The van der Waals surface area contributed by atoms with Gasteiger partial charge < -0.3 is 18.9 Å². The van der Waals surface area contributed by atoms with E-state index in [1.165, 1.54) is 96.3 Å². The summed E-state index contributed by atoms with van der Waals surface area (Å²) in [6, 6.07) is 38.7. The second kappa shape index (κ2) is 26.0. The molecule has 0 aliphatic heterocycles. The first kappa shape index (κ1) is 42.8. The summed E-state index contributed by atoms with van der Waals surface area (Å²) in [5.74, 6) is 0.792. The standard InChI is InChI=1S/C49H65NO4/c1-3-4-5-6-7-8-9-10-11-12-13-14-15-16-17-24-37-52-40-48(53-39-43-31-29-42(38-50)30-32-43)41-54-49(44-25-20-18-21-26-44,45-27-22-19-23-28-45)46-33-35-47(51-2)36-34-46/h18-23,25-36,48H,3-17,24,37,39-41H2,1-2H3/t48-/m1/s1. The number of ether oxygens (including phenoxy) is 4. The summed E-state index contributed by atoms with van der Waals surface area (Å²) < 4.78 is 25.5. The summed E-state index contributed by atoms with van der Waals surface area (Å²) in [5, 5.41) is 9.26. The van der Waals surface area contributed by atoms with Gasteiger partial charge in [0.1, 0.15) is 17.5 Å². The van der Waals surface area contributed by atoms with Crippen molar-refractivity contribution in [1.29, 1.82) is 5.26 Å². The van der Waals surface area contributed by atoms with Crippen LogP contribution in [0.2, 0.25) is 0 Å². The van der Waals surface area contributed by atoms with Crippen LogP contribution in [-0.2, 0) is 26.4 Å². The van der Waals surface area contributed by atoms with Crippen LogP contribution in [0.1, 0.15) is 137 Å². The molecule has 4 aromatic rings. The highest BCUT2D eigenvalue weighted by Crippen LogP contribution is 2.41. The molecule has 0 bridgehead atoms. The monoisotopic (exact) mass is 731 g/mol. The number of hydrogen-bond donors (Lipinski definition) is 0. The van der Waals surface area contributed by atoms with Crippen LogP contribution in [0.3, 0.4) is 0 Å². The minimum atomic E-state index is -0.890. The topological polar surface area (TPSA) is 60.7 Å². The Bertz CT molecular complexity index is 1510.